The Kier molecular flexibility index (Phi) is 8.74. The van der Waals surface area contributed by atoms with Crippen LogP contribution in [0.2, 0.25) is 0 Å². The van der Waals surface area contributed by atoms with E-state index in [1.807, 2.05) is 0 Å². The summed E-state index contributed by atoms with van der Waals surface area (Å²) in [5.41, 5.74) is 0. The minimum atomic E-state index is -0.274. The Balaban J connectivity index is 1.94. The Bertz CT molecular complexity index is 317. The second kappa shape index (κ2) is 10.2. The molecule has 0 aliphatic rings. The minimum Gasteiger partial charge on any atom is -0.491 e. The summed E-state index contributed by atoms with van der Waals surface area (Å²) < 4.78 is 18.6. The number of halogens is 1. The van der Waals surface area contributed by atoms with Crippen molar-refractivity contribution >= 4 is 12.6 Å². The van der Waals surface area contributed by atoms with Gasteiger partial charge in [0.25, 0.3) is 0 Å². The minimum absolute atomic E-state index is 0.274. The molecule has 1 aromatic carbocycles. The molecule has 1 aromatic rings. The molecule has 0 spiro atoms. The van der Waals surface area contributed by atoms with E-state index in [4.69, 9.17) is 4.74 Å². The fourth-order valence-corrected chi connectivity index (χ4v) is 2.07. The fourth-order valence-electron chi connectivity index (χ4n) is 1.84. The first-order chi connectivity index (χ1) is 8.84. The van der Waals surface area contributed by atoms with Gasteiger partial charge in [-0.2, -0.15) is 12.6 Å². The molecule has 0 aliphatic carbocycles. The summed E-state index contributed by atoms with van der Waals surface area (Å²) in [4.78, 5) is 0. The van der Waals surface area contributed by atoms with Crippen LogP contribution in [0.15, 0.2) is 24.3 Å². The van der Waals surface area contributed by atoms with Gasteiger partial charge in [-0.25, -0.2) is 4.39 Å². The Labute approximate surface area is 115 Å². The first-order valence-electron chi connectivity index (χ1n) is 6.83. The van der Waals surface area contributed by atoms with Gasteiger partial charge in [-0.05, 0) is 30.7 Å². The second-order valence-electron chi connectivity index (χ2n) is 4.48. The van der Waals surface area contributed by atoms with E-state index in [2.05, 4.69) is 12.6 Å². The van der Waals surface area contributed by atoms with Crippen molar-refractivity contribution in [2.24, 2.45) is 0 Å². The molecular formula is C15H23FOS. The van der Waals surface area contributed by atoms with E-state index in [0.717, 1.165) is 18.6 Å². The normalized spacial score (nSPS) is 10.6. The van der Waals surface area contributed by atoms with Gasteiger partial charge in [0, 0.05) is 0 Å². The Morgan fingerprint density at radius 2 is 1.50 bits per heavy atom. The highest BCUT2D eigenvalue weighted by atomic mass is 32.1. The Morgan fingerprint density at radius 1 is 0.889 bits per heavy atom. The van der Waals surface area contributed by atoms with E-state index in [0.29, 0.717) is 12.4 Å². The van der Waals surface area contributed by atoms with Crippen molar-refractivity contribution in [2.45, 2.75) is 44.9 Å². The summed E-state index contributed by atoms with van der Waals surface area (Å²) in [6.45, 7) is 0.609. The lowest BCUT2D eigenvalue weighted by Crippen LogP contribution is -1.98. The zero-order valence-corrected chi connectivity index (χ0v) is 11.8. The predicted molar refractivity (Wildman–Crippen MR) is 78.1 cm³/mol. The van der Waals surface area contributed by atoms with Crippen molar-refractivity contribution in [1.29, 1.82) is 0 Å². The van der Waals surface area contributed by atoms with Crippen LogP contribution in [0.25, 0.3) is 0 Å². The highest BCUT2D eigenvalue weighted by Gasteiger charge is 2.00. The molecule has 3 heteroatoms. The van der Waals surface area contributed by atoms with Crippen LogP contribution >= 0.6 is 12.6 Å². The van der Waals surface area contributed by atoms with Gasteiger partial charge < -0.3 is 4.74 Å². The summed E-state index contributed by atoms with van der Waals surface area (Å²) >= 11 is 4.19. The maximum Gasteiger partial charge on any atom is 0.165 e. The van der Waals surface area contributed by atoms with Gasteiger partial charge in [-0.3, -0.25) is 0 Å². The molecule has 0 aromatic heterocycles. The molecule has 1 rings (SSSR count). The van der Waals surface area contributed by atoms with Crippen molar-refractivity contribution in [2.75, 3.05) is 12.4 Å². The molecule has 0 radical (unpaired) electrons. The lowest BCUT2D eigenvalue weighted by atomic mass is 10.1. The zero-order chi connectivity index (χ0) is 13.1. The van der Waals surface area contributed by atoms with Crippen molar-refractivity contribution in [3.05, 3.63) is 30.1 Å². The largest absolute Gasteiger partial charge is 0.491 e. The van der Waals surface area contributed by atoms with Gasteiger partial charge in [0.15, 0.2) is 11.6 Å². The van der Waals surface area contributed by atoms with E-state index in [1.165, 1.54) is 38.2 Å². The molecule has 18 heavy (non-hydrogen) atoms. The predicted octanol–water partition coefficient (Wildman–Crippen LogP) is 4.87. The lowest BCUT2D eigenvalue weighted by molar-refractivity contribution is 0.290. The monoisotopic (exact) mass is 270 g/mol. The van der Waals surface area contributed by atoms with Crippen LogP contribution in [0.5, 0.6) is 5.75 Å². The van der Waals surface area contributed by atoms with Crippen LogP contribution in [0.4, 0.5) is 4.39 Å². The summed E-state index contributed by atoms with van der Waals surface area (Å²) in [5.74, 6) is 1.09. The van der Waals surface area contributed by atoms with Gasteiger partial charge in [-0.15, -0.1) is 0 Å². The Hall–Kier alpha value is -0.700. The number of thiol groups is 1. The molecule has 0 unspecified atom stereocenters. The molecule has 0 atom stereocenters. The van der Waals surface area contributed by atoms with E-state index >= 15 is 0 Å². The molecule has 0 fully saturated rings. The third kappa shape index (κ3) is 6.90. The highest BCUT2D eigenvalue weighted by molar-refractivity contribution is 7.80. The van der Waals surface area contributed by atoms with Crippen LogP contribution in [-0.2, 0) is 0 Å². The molecule has 0 amide bonds. The molecular weight excluding hydrogens is 247 g/mol. The molecule has 0 heterocycles. The quantitative estimate of drug-likeness (QED) is 0.471. The summed E-state index contributed by atoms with van der Waals surface area (Å²) in [7, 11) is 0. The van der Waals surface area contributed by atoms with Crippen LogP contribution in [0.1, 0.15) is 44.9 Å². The third-order valence-electron chi connectivity index (χ3n) is 2.90. The van der Waals surface area contributed by atoms with Crippen molar-refractivity contribution in [3.8, 4) is 5.75 Å². The number of hydrogen-bond donors (Lipinski definition) is 1. The van der Waals surface area contributed by atoms with Crippen molar-refractivity contribution < 1.29 is 9.13 Å². The van der Waals surface area contributed by atoms with Gasteiger partial charge in [0.05, 0.1) is 6.61 Å². The summed E-state index contributed by atoms with van der Waals surface area (Å²) in [6, 6.07) is 6.57. The first-order valence-corrected chi connectivity index (χ1v) is 7.46. The average Bonchev–Trinajstić information content (AvgIpc) is 2.39. The van der Waals surface area contributed by atoms with Crippen molar-refractivity contribution in [3.63, 3.8) is 0 Å². The molecule has 1 nitrogen and oxygen atoms in total. The van der Waals surface area contributed by atoms with Gasteiger partial charge >= 0.3 is 0 Å². The van der Waals surface area contributed by atoms with Crippen LogP contribution in [-0.4, -0.2) is 12.4 Å². The van der Waals surface area contributed by atoms with Crippen LogP contribution in [0.3, 0.4) is 0 Å². The molecule has 102 valence electrons. The maximum atomic E-state index is 13.2. The molecule has 0 aliphatic heterocycles. The van der Waals surface area contributed by atoms with Gasteiger partial charge in [0.2, 0.25) is 0 Å². The molecule has 0 N–H and O–H groups in total. The first kappa shape index (κ1) is 15.4. The number of benzene rings is 1. The third-order valence-corrected chi connectivity index (χ3v) is 3.21. The maximum absolute atomic E-state index is 13.2. The standard InChI is InChI=1S/C15H23FOS/c16-14-10-6-7-11-15(14)17-12-8-4-2-1-3-5-9-13-18/h6-7,10-11,18H,1-5,8-9,12-13H2. The topological polar surface area (TPSA) is 9.23 Å². The van der Waals surface area contributed by atoms with Crippen LogP contribution in [0, 0.1) is 5.82 Å². The molecule has 0 saturated carbocycles. The Morgan fingerprint density at radius 3 is 2.17 bits per heavy atom. The average molecular weight is 270 g/mol. The number of ether oxygens (including phenoxy) is 1. The number of para-hydroxylation sites is 1. The van der Waals surface area contributed by atoms with E-state index in [-0.39, 0.29) is 5.82 Å². The fraction of sp³-hybridized carbons (Fsp3) is 0.600. The van der Waals surface area contributed by atoms with E-state index < -0.39 is 0 Å². The smallest absolute Gasteiger partial charge is 0.165 e. The lowest BCUT2D eigenvalue weighted by Gasteiger charge is -2.06. The molecule has 0 saturated heterocycles. The SMILES string of the molecule is Fc1ccccc1OCCCCCCCCCS. The molecule has 0 bridgehead atoms. The highest BCUT2D eigenvalue weighted by Crippen LogP contribution is 2.16. The van der Waals surface area contributed by atoms with Gasteiger partial charge in [-0.1, -0.05) is 44.2 Å². The summed E-state index contributed by atoms with van der Waals surface area (Å²) in [6.07, 6.45) is 8.50. The van der Waals surface area contributed by atoms with E-state index in [1.54, 1.807) is 18.2 Å². The van der Waals surface area contributed by atoms with Gasteiger partial charge in [0.1, 0.15) is 0 Å². The number of rotatable bonds is 10. The van der Waals surface area contributed by atoms with Crippen molar-refractivity contribution in [1.82, 2.24) is 0 Å². The zero-order valence-electron chi connectivity index (χ0n) is 10.9. The summed E-state index contributed by atoms with van der Waals surface area (Å²) in [5, 5.41) is 0. The second-order valence-corrected chi connectivity index (χ2v) is 4.92. The van der Waals surface area contributed by atoms with E-state index in [9.17, 15) is 4.39 Å². The number of hydrogen-bond acceptors (Lipinski definition) is 2. The van der Waals surface area contributed by atoms with Crippen LogP contribution < -0.4 is 4.74 Å². The number of unbranched alkanes of at least 4 members (excludes halogenated alkanes) is 6.